The molecule has 29 heavy (non-hydrogen) atoms. The zero-order chi connectivity index (χ0) is 20.6. The first-order valence-electron chi connectivity index (χ1n) is 8.95. The number of amides is 3. The molecule has 8 heteroatoms. The third-order valence-electron chi connectivity index (χ3n) is 4.17. The highest BCUT2D eigenvalue weighted by atomic mass is 16.3. The average Bonchev–Trinajstić information content (AvgIpc) is 3.31. The number of anilines is 1. The summed E-state index contributed by atoms with van der Waals surface area (Å²) in [6, 6.07) is 13.3. The molecule has 148 valence electrons. The maximum atomic E-state index is 12.6. The molecule has 0 atom stereocenters. The van der Waals surface area contributed by atoms with E-state index in [0.29, 0.717) is 16.8 Å². The highest BCUT2D eigenvalue weighted by molar-refractivity contribution is 6.09. The summed E-state index contributed by atoms with van der Waals surface area (Å²) in [7, 11) is 1.57. The van der Waals surface area contributed by atoms with E-state index in [9.17, 15) is 14.4 Å². The number of hydrogen-bond donors (Lipinski definition) is 2. The van der Waals surface area contributed by atoms with Crippen LogP contribution in [0, 0.1) is 0 Å². The van der Waals surface area contributed by atoms with Gasteiger partial charge in [0.25, 0.3) is 17.7 Å². The van der Waals surface area contributed by atoms with Gasteiger partial charge in [-0.15, -0.1) is 0 Å². The van der Waals surface area contributed by atoms with Gasteiger partial charge in [0.1, 0.15) is 0 Å². The van der Waals surface area contributed by atoms with E-state index in [-0.39, 0.29) is 36.6 Å². The maximum absolute atomic E-state index is 12.6. The zero-order valence-corrected chi connectivity index (χ0v) is 15.8. The van der Waals surface area contributed by atoms with Crippen LogP contribution in [0.2, 0.25) is 0 Å². The Kier molecular flexibility index (Phi) is 6.36. The number of furan rings is 1. The molecule has 3 amide bonds. The molecule has 0 radical (unpaired) electrons. The fraction of sp³-hybridized carbons (Fsp3) is 0.143. The van der Waals surface area contributed by atoms with Crippen LogP contribution in [0.25, 0.3) is 0 Å². The van der Waals surface area contributed by atoms with Crippen molar-refractivity contribution < 1.29 is 18.8 Å². The molecule has 0 aliphatic rings. The van der Waals surface area contributed by atoms with Crippen molar-refractivity contribution in [2.45, 2.75) is 0 Å². The Morgan fingerprint density at radius 3 is 2.41 bits per heavy atom. The molecule has 0 bridgehead atoms. The van der Waals surface area contributed by atoms with Gasteiger partial charge in [-0.25, -0.2) is 0 Å². The minimum Gasteiger partial charge on any atom is -0.459 e. The number of nitrogens with zero attached hydrogens (tertiary/aromatic N) is 2. The lowest BCUT2D eigenvalue weighted by atomic mass is 10.1. The molecule has 2 N–H and O–H groups in total. The van der Waals surface area contributed by atoms with Gasteiger partial charge in [-0.1, -0.05) is 12.1 Å². The van der Waals surface area contributed by atoms with E-state index < -0.39 is 0 Å². The van der Waals surface area contributed by atoms with Crippen LogP contribution < -0.4 is 15.5 Å². The van der Waals surface area contributed by atoms with Gasteiger partial charge in [-0.2, -0.15) is 0 Å². The van der Waals surface area contributed by atoms with E-state index >= 15 is 0 Å². The molecular weight excluding hydrogens is 372 g/mol. The Labute approximate surface area is 167 Å². The van der Waals surface area contributed by atoms with Gasteiger partial charge in [0, 0.05) is 32.5 Å². The van der Waals surface area contributed by atoms with Crippen LogP contribution in [-0.2, 0) is 0 Å². The Balaban J connectivity index is 1.58. The van der Waals surface area contributed by atoms with Crippen LogP contribution in [0.3, 0.4) is 0 Å². The largest absolute Gasteiger partial charge is 0.459 e. The third-order valence-corrected chi connectivity index (χ3v) is 4.17. The van der Waals surface area contributed by atoms with Crippen LogP contribution >= 0.6 is 0 Å². The average molecular weight is 392 g/mol. The zero-order valence-electron chi connectivity index (χ0n) is 15.8. The summed E-state index contributed by atoms with van der Waals surface area (Å²) in [6.07, 6.45) is 4.47. The number of rotatable bonds is 7. The number of pyridine rings is 1. The summed E-state index contributed by atoms with van der Waals surface area (Å²) in [6.45, 7) is 0.484. The Bertz CT molecular complexity index is 987. The van der Waals surface area contributed by atoms with Crippen molar-refractivity contribution in [3.63, 3.8) is 0 Å². The molecule has 3 aromatic rings. The van der Waals surface area contributed by atoms with E-state index in [0.717, 1.165) is 0 Å². The molecule has 0 unspecified atom stereocenters. The van der Waals surface area contributed by atoms with Crippen molar-refractivity contribution in [1.29, 1.82) is 0 Å². The molecule has 2 heterocycles. The summed E-state index contributed by atoms with van der Waals surface area (Å²) in [4.78, 5) is 42.3. The fourth-order valence-electron chi connectivity index (χ4n) is 2.68. The standard InChI is InChI=1S/C21H20N4O4/c1-25(21(28)18-9-5-13-29-18)17-8-3-2-7-16(17)20(27)24-12-11-23-19(26)15-6-4-10-22-14-15/h2-10,13-14H,11-12H2,1H3,(H,23,26)(H,24,27). The molecule has 0 fully saturated rings. The lowest BCUT2D eigenvalue weighted by Crippen LogP contribution is -2.36. The molecule has 0 aliphatic heterocycles. The quantitative estimate of drug-likeness (QED) is 0.599. The summed E-state index contributed by atoms with van der Waals surface area (Å²) in [5, 5.41) is 5.45. The lowest BCUT2D eigenvalue weighted by Gasteiger charge is -2.19. The van der Waals surface area contributed by atoms with Crippen molar-refractivity contribution in [2.75, 3.05) is 25.0 Å². The topological polar surface area (TPSA) is 105 Å². The normalized spacial score (nSPS) is 10.2. The number of benzene rings is 1. The Morgan fingerprint density at radius 2 is 1.72 bits per heavy atom. The van der Waals surface area contributed by atoms with Gasteiger partial charge in [-0.05, 0) is 36.4 Å². The number of hydrogen-bond acceptors (Lipinski definition) is 5. The lowest BCUT2D eigenvalue weighted by molar-refractivity contribution is 0.0926. The first-order valence-corrected chi connectivity index (χ1v) is 8.95. The van der Waals surface area contributed by atoms with Crippen LogP contribution in [-0.4, -0.2) is 42.8 Å². The van der Waals surface area contributed by atoms with Crippen LogP contribution in [0.5, 0.6) is 0 Å². The minimum absolute atomic E-state index is 0.181. The Hall–Kier alpha value is -3.94. The summed E-state index contributed by atoms with van der Waals surface area (Å²) in [5.74, 6) is -0.799. The molecule has 3 rings (SSSR count). The van der Waals surface area contributed by atoms with Crippen LogP contribution in [0.4, 0.5) is 5.69 Å². The first-order chi connectivity index (χ1) is 14.1. The van der Waals surface area contributed by atoms with Gasteiger partial charge in [0.05, 0.1) is 23.1 Å². The predicted octanol–water partition coefficient (Wildman–Crippen LogP) is 2.11. The predicted molar refractivity (Wildman–Crippen MR) is 107 cm³/mol. The van der Waals surface area contributed by atoms with E-state index in [4.69, 9.17) is 4.42 Å². The van der Waals surface area contributed by atoms with Crippen LogP contribution in [0.1, 0.15) is 31.3 Å². The number of carbonyl (C=O) groups is 3. The molecule has 2 aromatic heterocycles. The molecular formula is C21H20N4O4. The Morgan fingerprint density at radius 1 is 0.966 bits per heavy atom. The van der Waals surface area contributed by atoms with Crippen molar-refractivity contribution in [2.24, 2.45) is 0 Å². The number of para-hydroxylation sites is 1. The van der Waals surface area contributed by atoms with E-state index in [1.165, 1.54) is 17.4 Å². The van der Waals surface area contributed by atoms with E-state index in [1.807, 2.05) is 0 Å². The third kappa shape index (κ3) is 4.86. The molecule has 1 aromatic carbocycles. The molecule has 0 aliphatic carbocycles. The monoisotopic (exact) mass is 392 g/mol. The molecule has 0 spiro atoms. The second-order valence-electron chi connectivity index (χ2n) is 6.11. The summed E-state index contributed by atoms with van der Waals surface area (Å²) >= 11 is 0. The summed E-state index contributed by atoms with van der Waals surface area (Å²) < 4.78 is 5.14. The second kappa shape index (κ2) is 9.32. The summed E-state index contributed by atoms with van der Waals surface area (Å²) in [5.41, 5.74) is 1.24. The molecule has 0 saturated heterocycles. The van der Waals surface area contributed by atoms with Gasteiger partial charge in [0.2, 0.25) is 0 Å². The smallest absolute Gasteiger partial charge is 0.293 e. The SMILES string of the molecule is CN(C(=O)c1ccco1)c1ccccc1C(=O)NCCNC(=O)c1cccnc1. The molecule has 8 nitrogen and oxygen atoms in total. The van der Waals surface area contributed by atoms with Crippen molar-refractivity contribution in [3.05, 3.63) is 84.1 Å². The van der Waals surface area contributed by atoms with Gasteiger partial charge >= 0.3 is 0 Å². The number of aromatic nitrogens is 1. The second-order valence-corrected chi connectivity index (χ2v) is 6.11. The number of nitrogens with one attached hydrogen (secondary N) is 2. The van der Waals surface area contributed by atoms with Crippen molar-refractivity contribution in [1.82, 2.24) is 15.6 Å². The fourth-order valence-corrected chi connectivity index (χ4v) is 2.68. The number of carbonyl (C=O) groups excluding carboxylic acids is 3. The van der Waals surface area contributed by atoms with Gasteiger partial charge in [0.15, 0.2) is 5.76 Å². The highest BCUT2D eigenvalue weighted by Crippen LogP contribution is 2.21. The maximum Gasteiger partial charge on any atom is 0.293 e. The van der Waals surface area contributed by atoms with Gasteiger partial charge in [-0.3, -0.25) is 19.4 Å². The van der Waals surface area contributed by atoms with E-state index in [1.54, 1.807) is 61.8 Å². The molecule has 0 saturated carbocycles. The highest BCUT2D eigenvalue weighted by Gasteiger charge is 2.21. The van der Waals surface area contributed by atoms with Crippen LogP contribution in [0.15, 0.2) is 71.6 Å². The van der Waals surface area contributed by atoms with E-state index in [2.05, 4.69) is 15.6 Å². The van der Waals surface area contributed by atoms with Crippen molar-refractivity contribution >= 4 is 23.4 Å². The van der Waals surface area contributed by atoms with Gasteiger partial charge < -0.3 is 20.0 Å². The first kappa shape index (κ1) is 19.8. The minimum atomic E-state index is -0.362. The van der Waals surface area contributed by atoms with Crippen molar-refractivity contribution in [3.8, 4) is 0 Å².